The van der Waals surface area contributed by atoms with Gasteiger partial charge in [0.15, 0.2) is 0 Å². The number of nitrogens with one attached hydrogen (secondary N) is 2. The Morgan fingerprint density at radius 1 is 1.07 bits per heavy atom. The number of ether oxygens (including phenoxy) is 1. The van der Waals surface area contributed by atoms with Gasteiger partial charge in [0.05, 0.1) is 5.69 Å². The number of aromatic nitrogens is 3. The number of hydrogen-bond acceptors (Lipinski definition) is 4. The van der Waals surface area contributed by atoms with E-state index in [1.807, 2.05) is 43.2 Å². The topological polar surface area (TPSA) is 58.1 Å². The van der Waals surface area contributed by atoms with Gasteiger partial charge in [-0.2, -0.15) is 5.10 Å². The van der Waals surface area contributed by atoms with Crippen molar-refractivity contribution in [1.29, 1.82) is 0 Å². The molecule has 154 valence electrons. The molecular formula is C24H27N5O. The number of benzene rings is 2. The maximum absolute atomic E-state index is 5.87. The normalized spacial score (nSPS) is 11.1. The highest BCUT2D eigenvalue weighted by atomic mass is 16.5. The highest BCUT2D eigenvalue weighted by Gasteiger charge is 2.06. The summed E-state index contributed by atoms with van der Waals surface area (Å²) in [5, 5.41) is 7.74. The number of nitrogens with zero attached hydrogens (tertiary/aromatic N) is 3. The van der Waals surface area contributed by atoms with Gasteiger partial charge in [0.25, 0.3) is 0 Å². The Morgan fingerprint density at radius 3 is 2.63 bits per heavy atom. The first-order valence-corrected chi connectivity index (χ1v) is 10.0. The molecule has 0 saturated heterocycles. The molecule has 2 heterocycles. The lowest BCUT2D eigenvalue weighted by atomic mass is 10.1. The number of anilines is 2. The van der Waals surface area contributed by atoms with Gasteiger partial charge in [0.1, 0.15) is 18.2 Å². The van der Waals surface area contributed by atoms with Crippen molar-refractivity contribution in [2.24, 2.45) is 0 Å². The van der Waals surface area contributed by atoms with Crippen molar-refractivity contribution in [2.75, 3.05) is 32.6 Å². The largest absolute Gasteiger partial charge is 0.492 e. The standard InChI is InChI=1S/C24H27N5O/c1-18-5-10-21(30-16-15-28(2)3)17-23(18)27-24-12-11-22(26-24)19-6-8-20(9-7-19)29-14-4-13-25-29/h4-14,17,26-27H,15-16H2,1-3H3. The molecule has 0 bridgehead atoms. The molecule has 30 heavy (non-hydrogen) atoms. The molecule has 2 aromatic heterocycles. The van der Waals surface area contributed by atoms with Gasteiger partial charge in [0, 0.05) is 36.4 Å². The summed E-state index contributed by atoms with van der Waals surface area (Å²) >= 11 is 0. The summed E-state index contributed by atoms with van der Waals surface area (Å²) in [7, 11) is 4.08. The van der Waals surface area contributed by atoms with E-state index in [1.165, 1.54) is 0 Å². The zero-order chi connectivity index (χ0) is 20.9. The van der Waals surface area contributed by atoms with Gasteiger partial charge >= 0.3 is 0 Å². The van der Waals surface area contributed by atoms with E-state index in [-0.39, 0.29) is 0 Å². The average Bonchev–Trinajstić information content (AvgIpc) is 3.43. The highest BCUT2D eigenvalue weighted by Crippen LogP contribution is 2.27. The summed E-state index contributed by atoms with van der Waals surface area (Å²) in [6.45, 7) is 3.64. The maximum Gasteiger partial charge on any atom is 0.121 e. The van der Waals surface area contributed by atoms with Crippen molar-refractivity contribution in [2.45, 2.75) is 6.92 Å². The predicted molar refractivity (Wildman–Crippen MR) is 122 cm³/mol. The summed E-state index contributed by atoms with van der Waals surface area (Å²) in [5.74, 6) is 1.81. The van der Waals surface area contributed by atoms with E-state index >= 15 is 0 Å². The van der Waals surface area contributed by atoms with Crippen LogP contribution in [0.25, 0.3) is 16.9 Å². The minimum atomic E-state index is 0.663. The van der Waals surface area contributed by atoms with Gasteiger partial charge in [0.2, 0.25) is 0 Å². The maximum atomic E-state index is 5.87. The number of aryl methyl sites for hydroxylation is 1. The van der Waals surface area contributed by atoms with E-state index in [2.05, 4.69) is 69.7 Å². The van der Waals surface area contributed by atoms with Crippen molar-refractivity contribution in [1.82, 2.24) is 19.7 Å². The molecule has 0 saturated carbocycles. The third-order valence-corrected chi connectivity index (χ3v) is 4.92. The lowest BCUT2D eigenvalue weighted by molar-refractivity contribution is 0.261. The molecule has 0 aliphatic carbocycles. The minimum Gasteiger partial charge on any atom is -0.492 e. The molecule has 6 nitrogen and oxygen atoms in total. The second kappa shape index (κ2) is 8.88. The first-order chi connectivity index (χ1) is 14.6. The monoisotopic (exact) mass is 401 g/mol. The molecule has 2 N–H and O–H groups in total. The van der Waals surface area contributed by atoms with Crippen LogP contribution in [0.4, 0.5) is 11.5 Å². The van der Waals surface area contributed by atoms with Gasteiger partial charge in [-0.25, -0.2) is 4.68 Å². The van der Waals surface area contributed by atoms with E-state index in [9.17, 15) is 0 Å². The third-order valence-electron chi connectivity index (χ3n) is 4.92. The first kappa shape index (κ1) is 19.8. The molecule has 6 heteroatoms. The van der Waals surface area contributed by atoms with Crippen LogP contribution in [0.5, 0.6) is 5.75 Å². The Hall–Kier alpha value is -3.51. The van der Waals surface area contributed by atoms with Crippen LogP contribution in [-0.2, 0) is 0 Å². The second-order valence-corrected chi connectivity index (χ2v) is 7.54. The van der Waals surface area contributed by atoms with E-state index in [0.717, 1.165) is 46.3 Å². The molecule has 0 radical (unpaired) electrons. The average molecular weight is 402 g/mol. The second-order valence-electron chi connectivity index (χ2n) is 7.54. The number of H-pyrrole nitrogens is 1. The fourth-order valence-corrected chi connectivity index (χ4v) is 3.17. The fraction of sp³-hybridized carbons (Fsp3) is 0.208. The van der Waals surface area contributed by atoms with Crippen LogP contribution < -0.4 is 10.1 Å². The Labute approximate surface area is 177 Å². The molecule has 0 aliphatic rings. The van der Waals surface area contributed by atoms with Crippen LogP contribution in [0.15, 0.2) is 73.1 Å². The molecule has 0 spiro atoms. The molecule has 4 aromatic rings. The van der Waals surface area contributed by atoms with Crippen LogP contribution in [0.3, 0.4) is 0 Å². The Kier molecular flexibility index (Phi) is 5.86. The molecule has 0 aliphatic heterocycles. The quantitative estimate of drug-likeness (QED) is 0.443. The number of likely N-dealkylation sites (N-methyl/N-ethyl adjacent to an activating group) is 1. The Bertz CT molecular complexity index is 1080. The van der Waals surface area contributed by atoms with Crippen LogP contribution >= 0.6 is 0 Å². The highest BCUT2D eigenvalue weighted by molar-refractivity contribution is 5.68. The van der Waals surface area contributed by atoms with E-state index in [0.29, 0.717) is 6.61 Å². The molecule has 2 aromatic carbocycles. The Balaban J connectivity index is 1.45. The van der Waals surface area contributed by atoms with Crippen molar-refractivity contribution >= 4 is 11.5 Å². The summed E-state index contributed by atoms with van der Waals surface area (Å²) in [4.78, 5) is 5.56. The SMILES string of the molecule is Cc1ccc(OCCN(C)C)cc1Nc1ccc(-c2ccc(-n3cccn3)cc2)[nH]1. The summed E-state index contributed by atoms with van der Waals surface area (Å²) < 4.78 is 7.72. The van der Waals surface area contributed by atoms with Gasteiger partial charge in [-0.1, -0.05) is 18.2 Å². The van der Waals surface area contributed by atoms with Crippen LogP contribution in [0.2, 0.25) is 0 Å². The molecule has 0 atom stereocenters. The minimum absolute atomic E-state index is 0.663. The van der Waals surface area contributed by atoms with Crippen LogP contribution in [0, 0.1) is 6.92 Å². The molecule has 0 amide bonds. The Morgan fingerprint density at radius 2 is 1.90 bits per heavy atom. The van der Waals surface area contributed by atoms with Crippen LogP contribution in [0.1, 0.15) is 5.56 Å². The molecule has 0 unspecified atom stereocenters. The molecule has 4 rings (SSSR count). The summed E-state index contributed by atoms with van der Waals surface area (Å²) in [5.41, 5.74) is 5.40. The summed E-state index contributed by atoms with van der Waals surface area (Å²) in [6, 6.07) is 20.5. The van der Waals surface area contributed by atoms with Crippen molar-refractivity contribution in [3.8, 4) is 22.7 Å². The fourth-order valence-electron chi connectivity index (χ4n) is 3.17. The summed E-state index contributed by atoms with van der Waals surface area (Å²) in [6.07, 6.45) is 3.72. The smallest absolute Gasteiger partial charge is 0.121 e. The van der Waals surface area contributed by atoms with Gasteiger partial charge < -0.3 is 19.9 Å². The van der Waals surface area contributed by atoms with Crippen molar-refractivity contribution in [3.63, 3.8) is 0 Å². The van der Waals surface area contributed by atoms with E-state index < -0.39 is 0 Å². The van der Waals surface area contributed by atoms with Crippen molar-refractivity contribution in [3.05, 3.63) is 78.6 Å². The number of rotatable bonds is 8. The predicted octanol–water partition coefficient (Wildman–Crippen LogP) is 4.86. The molecule has 0 fully saturated rings. The third kappa shape index (κ3) is 4.72. The van der Waals surface area contributed by atoms with E-state index in [1.54, 1.807) is 6.20 Å². The van der Waals surface area contributed by atoms with Crippen molar-refractivity contribution < 1.29 is 4.74 Å². The molecular weight excluding hydrogens is 374 g/mol. The lowest BCUT2D eigenvalue weighted by Crippen LogP contribution is -2.19. The van der Waals surface area contributed by atoms with E-state index in [4.69, 9.17) is 4.74 Å². The van der Waals surface area contributed by atoms with Crippen LogP contribution in [-0.4, -0.2) is 46.9 Å². The van der Waals surface area contributed by atoms with Gasteiger partial charge in [-0.15, -0.1) is 0 Å². The van der Waals surface area contributed by atoms with Gasteiger partial charge in [-0.3, -0.25) is 0 Å². The first-order valence-electron chi connectivity index (χ1n) is 10.0. The lowest BCUT2D eigenvalue weighted by Gasteiger charge is -2.13. The number of aromatic amines is 1. The van der Waals surface area contributed by atoms with Gasteiger partial charge in [-0.05, 0) is 68.5 Å². The zero-order valence-corrected chi connectivity index (χ0v) is 17.6. The number of hydrogen-bond donors (Lipinski definition) is 2. The zero-order valence-electron chi connectivity index (χ0n) is 17.6.